The van der Waals surface area contributed by atoms with Crippen LogP contribution < -0.4 is 10.1 Å². The van der Waals surface area contributed by atoms with E-state index in [0.717, 1.165) is 0 Å². The molecule has 0 aliphatic carbocycles. The van der Waals surface area contributed by atoms with Gasteiger partial charge >= 0.3 is 0 Å². The van der Waals surface area contributed by atoms with Gasteiger partial charge in [-0.1, -0.05) is 0 Å². The first-order chi connectivity index (χ1) is 8.19. The Balaban J connectivity index is 1.99. The molecule has 0 saturated carbocycles. The minimum Gasteiger partial charge on any atom is -0.497 e. The van der Waals surface area contributed by atoms with Crippen LogP contribution in [0.3, 0.4) is 0 Å². The molecule has 0 atom stereocenters. The fraction of sp³-hybridized carbons (Fsp3) is 0.500. The van der Waals surface area contributed by atoms with E-state index in [-0.39, 0.29) is 17.8 Å². The third-order valence-electron chi connectivity index (χ3n) is 2.98. The van der Waals surface area contributed by atoms with Crippen LogP contribution in [0.4, 0.5) is 10.1 Å². The molecule has 1 heterocycles. The van der Waals surface area contributed by atoms with Crippen LogP contribution in [0.15, 0.2) is 18.2 Å². The average molecular weight is 241 g/mol. The number of benzene rings is 1. The van der Waals surface area contributed by atoms with Crippen LogP contribution in [0.5, 0.6) is 5.75 Å². The van der Waals surface area contributed by atoms with Crippen molar-refractivity contribution < 1.29 is 19.0 Å². The van der Waals surface area contributed by atoms with Crippen LogP contribution in [-0.4, -0.2) is 38.6 Å². The number of halogens is 1. The van der Waals surface area contributed by atoms with Gasteiger partial charge in [0.1, 0.15) is 11.6 Å². The van der Waals surface area contributed by atoms with Crippen molar-refractivity contribution in [2.24, 2.45) is 5.41 Å². The van der Waals surface area contributed by atoms with Gasteiger partial charge in [0.25, 0.3) is 0 Å². The fourth-order valence-corrected chi connectivity index (χ4v) is 1.69. The number of aliphatic hydroxyl groups excluding tert-OH is 1. The molecule has 94 valence electrons. The van der Waals surface area contributed by atoms with Gasteiger partial charge in [-0.05, 0) is 12.1 Å². The third-order valence-corrected chi connectivity index (χ3v) is 2.98. The van der Waals surface area contributed by atoms with E-state index in [1.165, 1.54) is 13.2 Å². The summed E-state index contributed by atoms with van der Waals surface area (Å²) in [5.74, 6) is 0.120. The molecular weight excluding hydrogens is 225 g/mol. The van der Waals surface area contributed by atoms with Gasteiger partial charge in [0, 0.05) is 12.6 Å². The first kappa shape index (κ1) is 12.1. The first-order valence-electron chi connectivity index (χ1n) is 5.45. The fourth-order valence-electron chi connectivity index (χ4n) is 1.69. The van der Waals surface area contributed by atoms with E-state index in [4.69, 9.17) is 9.47 Å². The average Bonchev–Trinajstić information content (AvgIpc) is 2.30. The van der Waals surface area contributed by atoms with Crippen molar-refractivity contribution in [2.45, 2.75) is 0 Å². The topological polar surface area (TPSA) is 50.7 Å². The van der Waals surface area contributed by atoms with Gasteiger partial charge in [0.05, 0.1) is 38.0 Å². The van der Waals surface area contributed by atoms with Gasteiger partial charge in [0.2, 0.25) is 0 Å². The molecule has 1 saturated heterocycles. The Bertz CT molecular complexity index is 388. The third kappa shape index (κ3) is 2.50. The summed E-state index contributed by atoms with van der Waals surface area (Å²) in [5.41, 5.74) is 0.136. The predicted octanol–water partition coefficient (Wildman–Crippen LogP) is 1.26. The van der Waals surface area contributed by atoms with Crippen molar-refractivity contribution in [3.05, 3.63) is 24.0 Å². The van der Waals surface area contributed by atoms with Crippen molar-refractivity contribution >= 4 is 5.69 Å². The Morgan fingerprint density at radius 1 is 1.53 bits per heavy atom. The highest BCUT2D eigenvalue weighted by Gasteiger charge is 2.37. The molecule has 2 rings (SSSR count). The van der Waals surface area contributed by atoms with Gasteiger partial charge in [-0.3, -0.25) is 0 Å². The van der Waals surface area contributed by atoms with Gasteiger partial charge in [-0.2, -0.15) is 0 Å². The van der Waals surface area contributed by atoms with Crippen LogP contribution >= 0.6 is 0 Å². The Morgan fingerprint density at radius 2 is 2.29 bits per heavy atom. The molecule has 17 heavy (non-hydrogen) atoms. The zero-order valence-electron chi connectivity index (χ0n) is 9.70. The van der Waals surface area contributed by atoms with Crippen molar-refractivity contribution in [3.8, 4) is 5.75 Å². The number of hydrogen-bond acceptors (Lipinski definition) is 4. The maximum Gasteiger partial charge on any atom is 0.149 e. The largest absolute Gasteiger partial charge is 0.497 e. The summed E-state index contributed by atoms with van der Waals surface area (Å²) in [5, 5.41) is 12.2. The van der Waals surface area contributed by atoms with Crippen molar-refractivity contribution in [3.63, 3.8) is 0 Å². The molecule has 0 radical (unpaired) electrons. The second-order valence-corrected chi connectivity index (χ2v) is 4.35. The minimum atomic E-state index is -0.363. The van der Waals surface area contributed by atoms with Crippen LogP contribution in [0.2, 0.25) is 0 Å². The summed E-state index contributed by atoms with van der Waals surface area (Å²) in [6.07, 6.45) is 0. The summed E-state index contributed by atoms with van der Waals surface area (Å²) in [6, 6.07) is 4.64. The number of aliphatic hydroxyl groups is 1. The SMILES string of the molecule is COc1ccc(NCC2(CO)COC2)c(F)c1. The molecule has 2 N–H and O–H groups in total. The molecule has 1 aromatic rings. The van der Waals surface area contributed by atoms with E-state index in [0.29, 0.717) is 31.2 Å². The summed E-state index contributed by atoms with van der Waals surface area (Å²) < 4.78 is 23.6. The van der Waals surface area contributed by atoms with Crippen LogP contribution in [0.25, 0.3) is 0 Å². The van der Waals surface area contributed by atoms with Crippen LogP contribution in [-0.2, 0) is 4.74 Å². The molecule has 0 amide bonds. The summed E-state index contributed by atoms with van der Waals surface area (Å²) in [7, 11) is 1.49. The second kappa shape index (κ2) is 4.89. The Kier molecular flexibility index (Phi) is 3.49. The van der Waals surface area contributed by atoms with Gasteiger partial charge < -0.3 is 19.9 Å². The van der Waals surface area contributed by atoms with E-state index >= 15 is 0 Å². The summed E-state index contributed by atoms with van der Waals surface area (Å²) in [6.45, 7) is 1.55. The Labute approximate surface area is 99.4 Å². The molecule has 1 fully saturated rings. The van der Waals surface area contributed by atoms with E-state index in [1.807, 2.05) is 0 Å². The van der Waals surface area contributed by atoms with Gasteiger partial charge in [0.15, 0.2) is 0 Å². The molecule has 0 aromatic heterocycles. The molecule has 0 unspecified atom stereocenters. The molecule has 4 nitrogen and oxygen atoms in total. The number of nitrogens with one attached hydrogen (secondary N) is 1. The minimum absolute atomic E-state index is 0.0395. The first-order valence-corrected chi connectivity index (χ1v) is 5.45. The lowest BCUT2D eigenvalue weighted by Gasteiger charge is -2.40. The lowest BCUT2D eigenvalue weighted by Crippen LogP contribution is -2.50. The molecule has 5 heteroatoms. The molecule has 1 aromatic carbocycles. The molecular formula is C12H16FNO3. The van der Waals surface area contributed by atoms with Crippen molar-refractivity contribution in [2.75, 3.05) is 38.8 Å². The molecule has 0 bridgehead atoms. The van der Waals surface area contributed by atoms with E-state index in [2.05, 4.69) is 5.32 Å². The molecule has 1 aliphatic heterocycles. The van der Waals surface area contributed by atoms with Gasteiger partial charge in [-0.15, -0.1) is 0 Å². The summed E-state index contributed by atoms with van der Waals surface area (Å²) in [4.78, 5) is 0. The van der Waals surface area contributed by atoms with E-state index in [9.17, 15) is 9.50 Å². The standard InChI is InChI=1S/C12H16FNO3/c1-16-9-2-3-11(10(13)4-9)14-5-12(6-15)7-17-8-12/h2-4,14-15H,5-8H2,1H3. The number of hydrogen-bond donors (Lipinski definition) is 2. The molecule has 0 spiro atoms. The number of rotatable bonds is 5. The van der Waals surface area contributed by atoms with Crippen molar-refractivity contribution in [1.29, 1.82) is 0 Å². The Morgan fingerprint density at radius 3 is 2.76 bits per heavy atom. The quantitative estimate of drug-likeness (QED) is 0.814. The lowest BCUT2D eigenvalue weighted by atomic mass is 9.87. The van der Waals surface area contributed by atoms with E-state index in [1.54, 1.807) is 12.1 Å². The maximum atomic E-state index is 13.6. The number of ether oxygens (including phenoxy) is 2. The zero-order chi connectivity index (χ0) is 12.3. The maximum absolute atomic E-state index is 13.6. The second-order valence-electron chi connectivity index (χ2n) is 4.35. The predicted molar refractivity (Wildman–Crippen MR) is 61.8 cm³/mol. The highest BCUT2D eigenvalue weighted by atomic mass is 19.1. The van der Waals surface area contributed by atoms with Crippen LogP contribution in [0.1, 0.15) is 0 Å². The van der Waals surface area contributed by atoms with E-state index < -0.39 is 0 Å². The zero-order valence-corrected chi connectivity index (χ0v) is 9.70. The number of methoxy groups -OCH3 is 1. The van der Waals surface area contributed by atoms with Gasteiger partial charge in [-0.25, -0.2) is 4.39 Å². The highest BCUT2D eigenvalue weighted by molar-refractivity contribution is 5.48. The van der Waals surface area contributed by atoms with Crippen molar-refractivity contribution in [1.82, 2.24) is 0 Å². The molecule has 1 aliphatic rings. The monoisotopic (exact) mass is 241 g/mol. The lowest BCUT2D eigenvalue weighted by molar-refractivity contribution is -0.128. The smallest absolute Gasteiger partial charge is 0.149 e. The Hall–Kier alpha value is -1.33. The normalized spacial score (nSPS) is 17.4. The highest BCUT2D eigenvalue weighted by Crippen LogP contribution is 2.28. The van der Waals surface area contributed by atoms with Crippen LogP contribution in [0, 0.1) is 11.2 Å². The summed E-state index contributed by atoms with van der Waals surface area (Å²) >= 11 is 0. The number of anilines is 1.